The van der Waals surface area contributed by atoms with Crippen molar-refractivity contribution in [1.82, 2.24) is 29.9 Å². The number of nitrogens with zero attached hydrogens (tertiary/aromatic N) is 6. The van der Waals surface area contributed by atoms with Gasteiger partial charge in [-0.1, -0.05) is 232 Å². The van der Waals surface area contributed by atoms with Crippen LogP contribution >= 0.6 is 0 Å². The Morgan fingerprint density at radius 2 is 0.910 bits per heavy atom. The number of hydrogen-bond donors (Lipinski definition) is 0. The molecule has 6 heterocycles. The van der Waals surface area contributed by atoms with Crippen molar-refractivity contribution in [2.24, 2.45) is 17.8 Å². The smallest absolute Gasteiger partial charge is 0.154 e. The van der Waals surface area contributed by atoms with E-state index in [0.29, 0.717) is 12.7 Å². The van der Waals surface area contributed by atoms with E-state index in [1.165, 1.54) is 106 Å². The van der Waals surface area contributed by atoms with Crippen LogP contribution in [0.3, 0.4) is 0 Å². The largest absolute Gasteiger partial charge is 0.355 e. The molecular formula is C79H126N6O4. The molecule has 1 atom stereocenters. The Morgan fingerprint density at radius 1 is 0.416 bits per heavy atom. The Bertz CT molecular complexity index is 2090. The maximum absolute atomic E-state index is 5.06. The molecule has 3 aromatic carbocycles. The first kappa shape index (κ1) is 86.6. The van der Waals surface area contributed by atoms with Crippen molar-refractivity contribution in [3.05, 3.63) is 240 Å². The maximum Gasteiger partial charge on any atom is 0.154 e. The van der Waals surface area contributed by atoms with Crippen LogP contribution in [0.5, 0.6) is 0 Å². The van der Waals surface area contributed by atoms with Crippen molar-refractivity contribution in [1.29, 1.82) is 0 Å². The van der Waals surface area contributed by atoms with Crippen molar-refractivity contribution in [2.45, 2.75) is 208 Å². The maximum atomic E-state index is 5.06. The number of benzene rings is 3. The van der Waals surface area contributed by atoms with E-state index in [1.54, 1.807) is 48.8 Å². The zero-order valence-corrected chi connectivity index (χ0v) is 57.8. The van der Waals surface area contributed by atoms with Crippen LogP contribution in [0.15, 0.2) is 201 Å². The van der Waals surface area contributed by atoms with E-state index in [4.69, 9.17) is 18.9 Å². The number of aromatic nitrogens is 6. The van der Waals surface area contributed by atoms with Crippen LogP contribution in [0.2, 0.25) is 0 Å². The van der Waals surface area contributed by atoms with Gasteiger partial charge in [-0.3, -0.25) is 9.97 Å². The highest BCUT2D eigenvalue weighted by Gasteiger charge is 2.08. The summed E-state index contributed by atoms with van der Waals surface area (Å²) in [6.45, 7) is 36.9. The molecular weight excluding hydrogens is 1100 g/mol. The van der Waals surface area contributed by atoms with Gasteiger partial charge in [0, 0.05) is 56.4 Å². The van der Waals surface area contributed by atoms with Gasteiger partial charge in [0.25, 0.3) is 0 Å². The van der Waals surface area contributed by atoms with Crippen LogP contribution in [-0.4, -0.2) is 69.4 Å². The van der Waals surface area contributed by atoms with Gasteiger partial charge >= 0.3 is 0 Å². The van der Waals surface area contributed by atoms with Gasteiger partial charge in [-0.15, -0.1) is 0 Å². The van der Waals surface area contributed by atoms with E-state index in [0.717, 1.165) is 61.8 Å². The number of pyridine rings is 2. The fourth-order valence-electron chi connectivity index (χ4n) is 7.71. The Balaban J connectivity index is -0.000000445. The van der Waals surface area contributed by atoms with Gasteiger partial charge in [0.15, 0.2) is 6.29 Å². The molecule has 7 aromatic rings. The lowest BCUT2D eigenvalue weighted by molar-refractivity contribution is -0.167. The Kier molecular flexibility index (Phi) is 64.1. The van der Waals surface area contributed by atoms with Crippen molar-refractivity contribution < 1.29 is 20.4 Å². The minimum absolute atomic E-state index is 0. The molecule has 3 aliphatic carbocycles. The summed E-state index contributed by atoms with van der Waals surface area (Å²) < 4.78 is 20.0. The third kappa shape index (κ3) is 64.2. The second kappa shape index (κ2) is 65.9. The number of hydrogen-bond acceptors (Lipinski definition) is 10. The summed E-state index contributed by atoms with van der Waals surface area (Å²) in [7, 11) is 0. The lowest BCUT2D eigenvalue weighted by Crippen LogP contribution is -2.21. The normalized spacial score (nSPS) is 15.0. The van der Waals surface area contributed by atoms with Crippen molar-refractivity contribution >= 4 is 0 Å². The van der Waals surface area contributed by atoms with Gasteiger partial charge in [-0.2, -0.15) is 0 Å². The molecule has 4 aromatic heterocycles. The van der Waals surface area contributed by atoms with Gasteiger partial charge in [0.2, 0.25) is 0 Å². The quantitative estimate of drug-likeness (QED) is 0.136. The van der Waals surface area contributed by atoms with Crippen LogP contribution in [0.25, 0.3) is 0 Å². The molecule has 5 aliphatic rings. The van der Waals surface area contributed by atoms with Gasteiger partial charge < -0.3 is 18.9 Å². The van der Waals surface area contributed by atoms with Crippen LogP contribution in [0, 0.1) is 66.2 Å². The highest BCUT2D eigenvalue weighted by atomic mass is 16.7. The predicted octanol–water partition coefficient (Wildman–Crippen LogP) is 22.1. The van der Waals surface area contributed by atoms with Gasteiger partial charge in [0.1, 0.15) is 18.9 Å². The van der Waals surface area contributed by atoms with Gasteiger partial charge in [-0.05, 0) is 161 Å². The van der Waals surface area contributed by atoms with E-state index in [-0.39, 0.29) is 15.1 Å². The molecule has 2 saturated heterocycles. The summed E-state index contributed by atoms with van der Waals surface area (Å²) in [5.41, 5.74) is 8.94. The first-order chi connectivity index (χ1) is 42.7. The van der Waals surface area contributed by atoms with Crippen molar-refractivity contribution in [3.63, 3.8) is 0 Å². The topological polar surface area (TPSA) is 114 Å². The molecule has 1 saturated carbocycles. The lowest BCUT2D eigenvalue weighted by Gasteiger charge is -2.18. The molecule has 10 heteroatoms. The summed E-state index contributed by atoms with van der Waals surface area (Å²) in [6, 6.07) is 42.4. The van der Waals surface area contributed by atoms with Crippen LogP contribution in [-0.2, 0) is 18.9 Å². The molecule has 12 rings (SSSR count). The third-order valence-corrected chi connectivity index (χ3v) is 12.7. The van der Waals surface area contributed by atoms with Crippen LogP contribution < -0.4 is 0 Å². The Labute approximate surface area is 546 Å². The predicted molar refractivity (Wildman–Crippen MR) is 385 cm³/mol. The van der Waals surface area contributed by atoms with E-state index >= 15 is 0 Å². The first-order valence-corrected chi connectivity index (χ1v) is 32.7. The Hall–Kier alpha value is -6.56. The minimum Gasteiger partial charge on any atom is -0.355 e. The highest BCUT2D eigenvalue weighted by molar-refractivity contribution is 5.13. The number of aryl methyl sites for hydroxylation is 7. The molecule has 0 radical (unpaired) electrons. The summed E-state index contributed by atoms with van der Waals surface area (Å²) in [6.07, 6.45) is 38.9. The fraction of sp³-hybridized carbons (Fsp3) is 0.494. The van der Waals surface area contributed by atoms with Gasteiger partial charge in [-0.25, -0.2) is 19.9 Å². The van der Waals surface area contributed by atoms with Crippen molar-refractivity contribution in [3.8, 4) is 0 Å². The van der Waals surface area contributed by atoms with Crippen molar-refractivity contribution in [2.75, 3.05) is 33.2 Å². The zero-order valence-electron chi connectivity index (χ0n) is 57.8. The molecule has 10 nitrogen and oxygen atoms in total. The number of ether oxygens (including phenoxy) is 4. The molecule has 2 aliphatic heterocycles. The summed E-state index contributed by atoms with van der Waals surface area (Å²) in [5, 5.41) is 0. The highest BCUT2D eigenvalue weighted by Crippen LogP contribution is 2.22. The molecule has 496 valence electrons. The molecule has 3 fully saturated rings. The molecule has 1 unspecified atom stereocenters. The SMILES string of the molecule is C.CC.CC.CC1=CCCCC1.CC1CC=CCC1.CC1CCCCC1.CC1COCOC1.CC1OCCCO1.Cc1ccccc1.Cc1ccccc1.Cc1ccccc1.Cc1ccccn1.Cc1cccnc1.Cc1cncnc1.Cc1ncccn1.[HH]. The van der Waals surface area contributed by atoms with E-state index < -0.39 is 0 Å². The third-order valence-electron chi connectivity index (χ3n) is 12.7. The van der Waals surface area contributed by atoms with E-state index in [1.807, 2.05) is 153 Å². The second-order valence-electron chi connectivity index (χ2n) is 21.7. The average Bonchev–Trinajstić information content (AvgIpc) is 3.56. The first-order valence-electron chi connectivity index (χ1n) is 32.7. The average molecular weight is 1220 g/mol. The van der Waals surface area contributed by atoms with E-state index in [9.17, 15) is 0 Å². The fourth-order valence-corrected chi connectivity index (χ4v) is 7.71. The summed E-state index contributed by atoms with van der Waals surface area (Å²) in [5.74, 6) is 3.40. The molecule has 0 amide bonds. The molecule has 0 spiro atoms. The summed E-state index contributed by atoms with van der Waals surface area (Å²) >= 11 is 0. The standard InChI is InChI=1S/C7H14.2C7H12.3C7H8.2C6H7N.2C5H6N2.2C5H10O2.2C2H6.CH4.H2/c6*1-7-5-3-2-4-6-7;1-6-3-2-4-7-5-6;1-6-4-2-3-5-7-6;1-5-2-6-4-7-3-5;1-5-6-3-2-4-7-5;1-5-2-6-4-7-3-5;1-5-6-3-2-4-7-5;2*1-2;;/h7H,2-6H2,1H3;5H,2-4,6H2,1H3;2-3,7H,4-6H2,1H3;3*2-6H,1H3;2*2-5H,1H3;2*2-4H,1H3;2*5H,2-4H2,1H3;2*1-2H3;1H4;1H. The molecule has 0 bridgehead atoms. The van der Waals surface area contributed by atoms with Crippen LogP contribution in [0.1, 0.15) is 194 Å². The molecule has 0 N–H and O–H groups in total. The second-order valence-corrected chi connectivity index (χ2v) is 21.7. The number of rotatable bonds is 0. The van der Waals surface area contributed by atoms with Crippen LogP contribution in [0.4, 0.5) is 0 Å². The lowest BCUT2D eigenvalue weighted by atomic mass is 9.91. The minimum atomic E-state index is 0. The van der Waals surface area contributed by atoms with Gasteiger partial charge in [0.05, 0.1) is 26.4 Å². The number of allylic oxidation sites excluding steroid dienone is 4. The summed E-state index contributed by atoms with van der Waals surface area (Å²) in [4.78, 5) is 23.1. The Morgan fingerprint density at radius 3 is 1.13 bits per heavy atom. The molecule has 89 heavy (non-hydrogen) atoms. The van der Waals surface area contributed by atoms with E-state index in [2.05, 4.69) is 133 Å². The monoisotopic (exact) mass is 1220 g/mol. The zero-order chi connectivity index (χ0) is 65.4.